The number of thioether (sulfide) groups is 1. The van der Waals surface area contributed by atoms with Crippen LogP contribution in [0.15, 0.2) is 175 Å². The van der Waals surface area contributed by atoms with Crippen molar-refractivity contribution in [3.63, 3.8) is 0 Å². The smallest absolute Gasteiger partial charge is 0.164 e. The standard InChI is InChI=1S/C51H36N4S/c1-51(2)42-21-10-8-17-37(42)38-28-27-35(30-43(38)51)34-15-12-16-36(29-34)49-54-47(32-13-4-3-5-14-32)53-48(55-49)33-25-23-31(24-26-33)46-40-19-7-6-18-39(40)45-41-20-9-11-22-44(41)56-50(45)52-46/h3-30,41,44H,1-2H3. The van der Waals surface area contributed by atoms with E-state index in [9.17, 15) is 0 Å². The SMILES string of the molecule is CC1(C)c2ccccc2-c2ccc(-c3cccc(-c4nc(-c5ccccc5)nc(-c5ccc(-c6nc7c(c8ccccc68)C6C=CC=CC6S7)cc5)n4)c3)cc21. The first kappa shape index (κ1) is 33.0. The summed E-state index contributed by atoms with van der Waals surface area (Å²) in [6, 6.07) is 51.7. The highest BCUT2D eigenvalue weighted by Crippen LogP contribution is 2.52. The average molecular weight is 737 g/mol. The van der Waals surface area contributed by atoms with Gasteiger partial charge in [0.25, 0.3) is 0 Å². The minimum atomic E-state index is -0.0703. The fraction of sp³-hybridized carbons (Fsp3) is 0.0980. The molecule has 3 heterocycles. The quantitative estimate of drug-likeness (QED) is 0.176. The molecule has 6 aromatic carbocycles. The average Bonchev–Trinajstić information content (AvgIpc) is 3.75. The molecule has 56 heavy (non-hydrogen) atoms. The zero-order valence-corrected chi connectivity index (χ0v) is 31.8. The predicted molar refractivity (Wildman–Crippen MR) is 231 cm³/mol. The first-order valence-electron chi connectivity index (χ1n) is 19.2. The minimum absolute atomic E-state index is 0.0703. The number of aromatic nitrogens is 4. The Kier molecular flexibility index (Phi) is 7.55. The molecule has 0 amide bonds. The molecule has 0 saturated heterocycles. The van der Waals surface area contributed by atoms with Gasteiger partial charge in [-0.2, -0.15) is 0 Å². The van der Waals surface area contributed by atoms with Gasteiger partial charge >= 0.3 is 0 Å². The van der Waals surface area contributed by atoms with Crippen molar-refractivity contribution in [3.05, 3.63) is 187 Å². The summed E-state index contributed by atoms with van der Waals surface area (Å²) in [5.41, 5.74) is 13.8. The van der Waals surface area contributed by atoms with Crippen molar-refractivity contribution >= 4 is 22.5 Å². The van der Waals surface area contributed by atoms with Crippen molar-refractivity contribution in [1.82, 2.24) is 19.9 Å². The fourth-order valence-electron chi connectivity index (χ4n) is 8.83. The summed E-state index contributed by atoms with van der Waals surface area (Å²) >= 11 is 1.87. The molecule has 0 saturated carbocycles. The minimum Gasteiger partial charge on any atom is -0.240 e. The van der Waals surface area contributed by atoms with Crippen LogP contribution in [0.2, 0.25) is 0 Å². The van der Waals surface area contributed by atoms with Crippen LogP contribution in [0.3, 0.4) is 0 Å². The summed E-state index contributed by atoms with van der Waals surface area (Å²) in [6.45, 7) is 4.65. The van der Waals surface area contributed by atoms with E-state index in [1.807, 2.05) is 30.0 Å². The zero-order chi connectivity index (χ0) is 37.4. The van der Waals surface area contributed by atoms with E-state index in [0.29, 0.717) is 28.6 Å². The van der Waals surface area contributed by atoms with Gasteiger partial charge in [0, 0.05) is 49.8 Å². The van der Waals surface area contributed by atoms with E-state index in [-0.39, 0.29) is 5.41 Å². The topological polar surface area (TPSA) is 51.6 Å². The first-order valence-corrected chi connectivity index (χ1v) is 20.1. The van der Waals surface area contributed by atoms with E-state index >= 15 is 0 Å². The molecule has 2 atom stereocenters. The summed E-state index contributed by atoms with van der Waals surface area (Å²) in [4.78, 5) is 20.5. The summed E-state index contributed by atoms with van der Waals surface area (Å²) in [6.07, 6.45) is 8.94. The van der Waals surface area contributed by atoms with Gasteiger partial charge in [-0.15, -0.1) is 0 Å². The molecule has 5 heteroatoms. The highest BCUT2D eigenvalue weighted by atomic mass is 32.2. The van der Waals surface area contributed by atoms with Gasteiger partial charge in [0.15, 0.2) is 17.5 Å². The van der Waals surface area contributed by atoms with Crippen LogP contribution in [0.1, 0.15) is 36.5 Å². The van der Waals surface area contributed by atoms with E-state index in [4.69, 9.17) is 19.9 Å². The van der Waals surface area contributed by atoms with Crippen LogP contribution in [0.5, 0.6) is 0 Å². The second-order valence-electron chi connectivity index (χ2n) is 15.4. The molecule has 266 valence electrons. The highest BCUT2D eigenvalue weighted by molar-refractivity contribution is 8.00. The number of pyridine rings is 1. The van der Waals surface area contributed by atoms with Crippen LogP contribution in [0, 0.1) is 0 Å². The van der Waals surface area contributed by atoms with Gasteiger partial charge in [-0.05, 0) is 50.9 Å². The number of hydrogen-bond donors (Lipinski definition) is 0. The van der Waals surface area contributed by atoms with E-state index < -0.39 is 0 Å². The zero-order valence-electron chi connectivity index (χ0n) is 31.0. The van der Waals surface area contributed by atoms with Gasteiger partial charge in [0.05, 0.1) is 5.69 Å². The summed E-state index contributed by atoms with van der Waals surface area (Å²) < 4.78 is 0. The normalized spacial score (nSPS) is 17.0. The molecule has 4 nitrogen and oxygen atoms in total. The van der Waals surface area contributed by atoms with Gasteiger partial charge in [-0.1, -0.05) is 183 Å². The van der Waals surface area contributed by atoms with Crippen molar-refractivity contribution in [2.45, 2.75) is 35.5 Å². The van der Waals surface area contributed by atoms with Crippen molar-refractivity contribution in [3.8, 4) is 67.7 Å². The number of fused-ring (bicyclic) bond motifs is 8. The van der Waals surface area contributed by atoms with Crippen LogP contribution in [-0.2, 0) is 5.41 Å². The van der Waals surface area contributed by atoms with Gasteiger partial charge < -0.3 is 0 Å². The Morgan fingerprint density at radius 1 is 0.464 bits per heavy atom. The van der Waals surface area contributed by atoms with Gasteiger partial charge in [-0.25, -0.2) is 19.9 Å². The van der Waals surface area contributed by atoms with Crippen LogP contribution >= 0.6 is 11.8 Å². The molecule has 2 aromatic heterocycles. The number of rotatable bonds is 5. The second-order valence-corrected chi connectivity index (χ2v) is 16.5. The predicted octanol–water partition coefficient (Wildman–Crippen LogP) is 12.7. The van der Waals surface area contributed by atoms with E-state index in [1.165, 1.54) is 44.2 Å². The molecule has 3 aliphatic rings. The third kappa shape index (κ3) is 5.30. The molecule has 1 aliphatic heterocycles. The summed E-state index contributed by atoms with van der Waals surface area (Å²) in [5.74, 6) is 2.27. The van der Waals surface area contributed by atoms with Gasteiger partial charge in [0.1, 0.15) is 5.03 Å². The molecule has 0 N–H and O–H groups in total. The number of allylic oxidation sites excluding steroid dienone is 3. The maximum Gasteiger partial charge on any atom is 0.164 e. The van der Waals surface area contributed by atoms with Crippen molar-refractivity contribution in [1.29, 1.82) is 0 Å². The molecule has 0 bridgehead atoms. The van der Waals surface area contributed by atoms with E-state index in [1.54, 1.807) is 0 Å². The number of nitrogens with zero attached hydrogens (tertiary/aromatic N) is 4. The van der Waals surface area contributed by atoms with Crippen LogP contribution < -0.4 is 0 Å². The molecule has 11 rings (SSSR count). The van der Waals surface area contributed by atoms with Crippen LogP contribution in [0.4, 0.5) is 0 Å². The Balaban J connectivity index is 0.981. The lowest BCUT2D eigenvalue weighted by atomic mass is 9.81. The molecule has 0 spiro atoms. The number of benzene rings is 6. The Hall–Kier alpha value is -6.43. The lowest BCUT2D eigenvalue weighted by Crippen LogP contribution is -2.14. The fourth-order valence-corrected chi connectivity index (χ4v) is 10.1. The molecular weight excluding hydrogens is 701 g/mol. The Labute approximate surface area is 330 Å². The second kappa shape index (κ2) is 12.8. The van der Waals surface area contributed by atoms with Gasteiger partial charge in [-0.3, -0.25) is 0 Å². The largest absolute Gasteiger partial charge is 0.240 e. The Bertz CT molecular complexity index is 2930. The highest BCUT2D eigenvalue weighted by Gasteiger charge is 2.36. The monoisotopic (exact) mass is 736 g/mol. The molecule has 2 unspecified atom stereocenters. The lowest BCUT2D eigenvalue weighted by Gasteiger charge is -2.22. The maximum absolute atomic E-state index is 5.31. The molecular formula is C51H36N4S. The first-order chi connectivity index (χ1) is 27.5. The lowest BCUT2D eigenvalue weighted by molar-refractivity contribution is 0.660. The van der Waals surface area contributed by atoms with Crippen molar-refractivity contribution in [2.75, 3.05) is 0 Å². The summed E-state index contributed by atoms with van der Waals surface area (Å²) in [7, 11) is 0. The number of hydrogen-bond acceptors (Lipinski definition) is 5. The third-order valence-electron chi connectivity index (χ3n) is 11.7. The molecule has 0 fully saturated rings. The van der Waals surface area contributed by atoms with Crippen molar-refractivity contribution in [2.24, 2.45) is 0 Å². The maximum atomic E-state index is 5.31. The molecule has 0 radical (unpaired) electrons. The van der Waals surface area contributed by atoms with E-state index in [2.05, 4.69) is 166 Å². The van der Waals surface area contributed by atoms with Gasteiger partial charge in [0.2, 0.25) is 0 Å². The summed E-state index contributed by atoms with van der Waals surface area (Å²) in [5, 5.41) is 3.97. The Morgan fingerprint density at radius 2 is 1.05 bits per heavy atom. The molecule has 2 aliphatic carbocycles. The Morgan fingerprint density at radius 3 is 1.88 bits per heavy atom. The van der Waals surface area contributed by atoms with Crippen molar-refractivity contribution < 1.29 is 0 Å². The van der Waals surface area contributed by atoms with E-state index in [0.717, 1.165) is 38.5 Å². The van der Waals surface area contributed by atoms with Crippen LogP contribution in [0.25, 0.3) is 78.4 Å². The van der Waals surface area contributed by atoms with Crippen LogP contribution in [-0.4, -0.2) is 25.2 Å². The molecule has 8 aromatic rings. The third-order valence-corrected chi connectivity index (χ3v) is 13.0.